The Kier molecular flexibility index (Phi) is 4.07. The number of rotatable bonds is 5. The standard InChI is InChI=1S/C15H14N4OS/c20-14(9-12-6-7-16-19-12)18-15-17-13(10-21-15)8-11-4-2-1-3-5-11/h1-7,10H,8-9H2,(H,16,19)(H,17,18,20). The lowest BCUT2D eigenvalue weighted by Crippen LogP contribution is -2.14. The van der Waals surface area contributed by atoms with Gasteiger partial charge in [-0.15, -0.1) is 11.3 Å². The number of hydrogen-bond acceptors (Lipinski definition) is 4. The minimum absolute atomic E-state index is 0.0974. The average molecular weight is 298 g/mol. The van der Waals surface area contributed by atoms with Gasteiger partial charge >= 0.3 is 0 Å². The molecule has 2 aromatic heterocycles. The third kappa shape index (κ3) is 3.76. The molecule has 5 nitrogen and oxygen atoms in total. The van der Waals surface area contributed by atoms with Gasteiger partial charge in [-0.3, -0.25) is 9.89 Å². The normalized spacial score (nSPS) is 10.5. The lowest BCUT2D eigenvalue weighted by atomic mass is 10.1. The lowest BCUT2D eigenvalue weighted by molar-refractivity contribution is -0.115. The zero-order valence-electron chi connectivity index (χ0n) is 11.2. The first-order valence-electron chi connectivity index (χ1n) is 6.56. The van der Waals surface area contributed by atoms with Crippen LogP contribution < -0.4 is 5.32 Å². The number of aromatic amines is 1. The van der Waals surface area contributed by atoms with Crippen molar-refractivity contribution in [1.82, 2.24) is 15.2 Å². The first-order valence-corrected chi connectivity index (χ1v) is 7.44. The van der Waals surface area contributed by atoms with Crippen molar-refractivity contribution < 1.29 is 4.79 Å². The Morgan fingerprint density at radius 3 is 2.86 bits per heavy atom. The maximum absolute atomic E-state index is 11.9. The molecule has 0 aliphatic carbocycles. The molecule has 6 heteroatoms. The second kappa shape index (κ2) is 6.32. The molecule has 0 saturated carbocycles. The Bertz CT molecular complexity index is 706. The van der Waals surface area contributed by atoms with Gasteiger partial charge in [0.05, 0.1) is 12.1 Å². The van der Waals surface area contributed by atoms with E-state index in [0.29, 0.717) is 5.13 Å². The highest BCUT2D eigenvalue weighted by Gasteiger charge is 2.08. The highest BCUT2D eigenvalue weighted by atomic mass is 32.1. The van der Waals surface area contributed by atoms with Crippen molar-refractivity contribution in [2.45, 2.75) is 12.8 Å². The summed E-state index contributed by atoms with van der Waals surface area (Å²) in [5, 5.41) is 12.0. The molecule has 0 bridgehead atoms. The molecular formula is C15H14N4OS. The van der Waals surface area contributed by atoms with Crippen LogP contribution in [0, 0.1) is 0 Å². The number of amides is 1. The van der Waals surface area contributed by atoms with Crippen LogP contribution in [0.15, 0.2) is 48.0 Å². The molecule has 0 unspecified atom stereocenters. The van der Waals surface area contributed by atoms with Gasteiger partial charge in [0, 0.05) is 23.7 Å². The Balaban J connectivity index is 1.59. The van der Waals surface area contributed by atoms with Crippen molar-refractivity contribution in [3.8, 4) is 0 Å². The van der Waals surface area contributed by atoms with Crippen molar-refractivity contribution in [3.05, 3.63) is 64.9 Å². The van der Waals surface area contributed by atoms with Gasteiger partial charge in [0.2, 0.25) is 5.91 Å². The molecule has 0 fully saturated rings. The van der Waals surface area contributed by atoms with Crippen molar-refractivity contribution in [3.63, 3.8) is 0 Å². The average Bonchev–Trinajstić information content (AvgIpc) is 3.12. The fourth-order valence-corrected chi connectivity index (χ4v) is 2.70. The van der Waals surface area contributed by atoms with Crippen LogP contribution in [0.4, 0.5) is 5.13 Å². The predicted molar refractivity (Wildman–Crippen MR) is 82.3 cm³/mol. The first kappa shape index (κ1) is 13.5. The van der Waals surface area contributed by atoms with Gasteiger partial charge in [-0.1, -0.05) is 30.3 Å². The minimum atomic E-state index is -0.0974. The Morgan fingerprint density at radius 1 is 1.24 bits per heavy atom. The number of benzene rings is 1. The number of aromatic nitrogens is 3. The van der Waals surface area contributed by atoms with E-state index in [1.807, 2.05) is 23.6 Å². The zero-order valence-corrected chi connectivity index (χ0v) is 12.1. The van der Waals surface area contributed by atoms with Crippen molar-refractivity contribution >= 4 is 22.4 Å². The molecule has 1 amide bonds. The Morgan fingerprint density at radius 2 is 2.10 bits per heavy atom. The second-order valence-corrected chi connectivity index (χ2v) is 5.47. The first-order chi connectivity index (χ1) is 10.3. The third-order valence-electron chi connectivity index (χ3n) is 2.94. The molecule has 0 spiro atoms. The minimum Gasteiger partial charge on any atom is -0.302 e. The van der Waals surface area contributed by atoms with Crippen LogP contribution >= 0.6 is 11.3 Å². The molecule has 0 saturated heterocycles. The molecule has 0 radical (unpaired) electrons. The summed E-state index contributed by atoms with van der Waals surface area (Å²) in [6.07, 6.45) is 2.67. The number of nitrogens with zero attached hydrogens (tertiary/aromatic N) is 2. The summed E-state index contributed by atoms with van der Waals surface area (Å²) in [5.74, 6) is -0.0974. The molecule has 2 heterocycles. The predicted octanol–water partition coefficient (Wildman–Crippen LogP) is 2.64. The van der Waals surface area contributed by atoms with Crippen LogP contribution in [0.5, 0.6) is 0 Å². The van der Waals surface area contributed by atoms with Gasteiger partial charge in [0.1, 0.15) is 0 Å². The van der Waals surface area contributed by atoms with Crippen LogP contribution in [0.25, 0.3) is 0 Å². The number of nitrogens with one attached hydrogen (secondary N) is 2. The van der Waals surface area contributed by atoms with E-state index < -0.39 is 0 Å². The van der Waals surface area contributed by atoms with Gasteiger partial charge in [-0.05, 0) is 11.6 Å². The number of H-pyrrole nitrogens is 1. The molecule has 3 rings (SSSR count). The number of anilines is 1. The van der Waals surface area contributed by atoms with E-state index in [0.717, 1.165) is 17.8 Å². The molecule has 0 atom stereocenters. The topological polar surface area (TPSA) is 70.7 Å². The SMILES string of the molecule is O=C(Cc1ccn[nH]1)Nc1nc(Cc2ccccc2)cs1. The van der Waals surface area contributed by atoms with Crippen molar-refractivity contribution in [1.29, 1.82) is 0 Å². The number of thiazole rings is 1. The van der Waals surface area contributed by atoms with Gasteiger partial charge in [0.15, 0.2) is 5.13 Å². The van der Waals surface area contributed by atoms with Crippen molar-refractivity contribution in [2.75, 3.05) is 5.32 Å². The molecule has 21 heavy (non-hydrogen) atoms. The maximum Gasteiger partial charge on any atom is 0.232 e. The summed E-state index contributed by atoms with van der Waals surface area (Å²) in [5.41, 5.74) is 2.95. The fourth-order valence-electron chi connectivity index (χ4n) is 1.97. The quantitative estimate of drug-likeness (QED) is 0.760. The van der Waals surface area contributed by atoms with E-state index in [2.05, 4.69) is 32.6 Å². The van der Waals surface area contributed by atoms with Crippen LogP contribution in [0.3, 0.4) is 0 Å². The van der Waals surface area contributed by atoms with E-state index in [1.165, 1.54) is 16.9 Å². The van der Waals surface area contributed by atoms with Gasteiger partial charge in [0.25, 0.3) is 0 Å². The van der Waals surface area contributed by atoms with Crippen LogP contribution in [-0.4, -0.2) is 21.1 Å². The van der Waals surface area contributed by atoms with Gasteiger partial charge < -0.3 is 5.32 Å². The van der Waals surface area contributed by atoms with E-state index in [9.17, 15) is 4.79 Å². The lowest BCUT2D eigenvalue weighted by Gasteiger charge is -2.00. The van der Waals surface area contributed by atoms with Crippen molar-refractivity contribution in [2.24, 2.45) is 0 Å². The molecule has 1 aromatic carbocycles. The molecule has 0 aliphatic heterocycles. The molecular weight excluding hydrogens is 284 g/mol. The molecule has 106 valence electrons. The Labute approximate surface area is 126 Å². The largest absolute Gasteiger partial charge is 0.302 e. The second-order valence-electron chi connectivity index (χ2n) is 4.61. The van der Waals surface area contributed by atoms with Gasteiger partial charge in [-0.2, -0.15) is 5.10 Å². The monoisotopic (exact) mass is 298 g/mol. The Hall–Kier alpha value is -2.47. The summed E-state index contributed by atoms with van der Waals surface area (Å²) >= 11 is 1.44. The van der Waals surface area contributed by atoms with E-state index >= 15 is 0 Å². The molecule has 0 aliphatic rings. The summed E-state index contributed by atoms with van der Waals surface area (Å²) in [6, 6.07) is 11.9. The summed E-state index contributed by atoms with van der Waals surface area (Å²) in [4.78, 5) is 16.3. The van der Waals surface area contributed by atoms with Gasteiger partial charge in [-0.25, -0.2) is 4.98 Å². The van der Waals surface area contributed by atoms with E-state index in [1.54, 1.807) is 12.3 Å². The van der Waals surface area contributed by atoms with E-state index in [-0.39, 0.29) is 12.3 Å². The van der Waals surface area contributed by atoms with Crippen LogP contribution in [-0.2, 0) is 17.6 Å². The van der Waals surface area contributed by atoms with E-state index in [4.69, 9.17) is 0 Å². The molecule has 3 aromatic rings. The highest BCUT2D eigenvalue weighted by molar-refractivity contribution is 7.13. The number of carbonyl (C=O) groups excluding carboxylic acids is 1. The molecule has 2 N–H and O–H groups in total. The summed E-state index contributed by atoms with van der Waals surface area (Å²) in [6.45, 7) is 0. The smallest absolute Gasteiger partial charge is 0.232 e. The van der Waals surface area contributed by atoms with Crippen LogP contribution in [0.2, 0.25) is 0 Å². The summed E-state index contributed by atoms with van der Waals surface area (Å²) in [7, 11) is 0. The van der Waals surface area contributed by atoms with Crippen LogP contribution in [0.1, 0.15) is 17.0 Å². The number of carbonyl (C=O) groups is 1. The third-order valence-corrected chi connectivity index (χ3v) is 3.74. The fraction of sp³-hybridized carbons (Fsp3) is 0.133. The summed E-state index contributed by atoms with van der Waals surface area (Å²) < 4.78 is 0. The highest BCUT2D eigenvalue weighted by Crippen LogP contribution is 2.18. The maximum atomic E-state index is 11.9. The zero-order chi connectivity index (χ0) is 14.5. The number of hydrogen-bond donors (Lipinski definition) is 2.